The lowest BCUT2D eigenvalue weighted by molar-refractivity contribution is -0.151. The Hall–Kier alpha value is -2.11. The Morgan fingerprint density at radius 3 is 2.59 bits per heavy atom. The minimum absolute atomic E-state index is 0.265. The first-order chi connectivity index (χ1) is 10.5. The van der Waals surface area contributed by atoms with Gasteiger partial charge in [0.1, 0.15) is 17.1 Å². The molecule has 120 valence electrons. The van der Waals surface area contributed by atoms with Crippen molar-refractivity contribution in [1.29, 1.82) is 0 Å². The lowest BCUT2D eigenvalue weighted by Crippen LogP contribution is -2.56. The zero-order chi connectivity index (χ0) is 16.2. The molecule has 22 heavy (non-hydrogen) atoms. The van der Waals surface area contributed by atoms with Crippen molar-refractivity contribution in [2.45, 2.75) is 44.2 Å². The van der Waals surface area contributed by atoms with E-state index in [0.717, 1.165) is 12.8 Å². The summed E-state index contributed by atoms with van der Waals surface area (Å²) >= 11 is 0. The second kappa shape index (κ2) is 6.77. The van der Waals surface area contributed by atoms with E-state index in [0.29, 0.717) is 12.8 Å². The van der Waals surface area contributed by atoms with Crippen molar-refractivity contribution in [3.05, 3.63) is 30.1 Å². The van der Waals surface area contributed by atoms with Gasteiger partial charge < -0.3 is 14.8 Å². The van der Waals surface area contributed by atoms with Crippen LogP contribution in [0.1, 0.15) is 32.6 Å². The quantitative estimate of drug-likeness (QED) is 0.847. The van der Waals surface area contributed by atoms with Gasteiger partial charge in [0.05, 0.1) is 7.11 Å². The number of ether oxygens (including phenoxy) is 2. The highest BCUT2D eigenvalue weighted by Crippen LogP contribution is 2.31. The summed E-state index contributed by atoms with van der Waals surface area (Å²) in [4.78, 5) is 24.2. The standard InChI is InChI=1S/C16H20FNO4/c1-11(22-13-7-5-6-12(17)10-13)14(19)18-16(15(20)21-2)8-3-4-9-16/h5-7,10-11H,3-4,8-9H2,1-2H3,(H,18,19). The number of nitrogens with one attached hydrogen (secondary N) is 1. The second-order valence-corrected chi connectivity index (χ2v) is 5.49. The normalized spacial score (nSPS) is 17.6. The van der Waals surface area contributed by atoms with Crippen molar-refractivity contribution >= 4 is 11.9 Å². The minimum Gasteiger partial charge on any atom is -0.481 e. The van der Waals surface area contributed by atoms with Crippen LogP contribution in [0, 0.1) is 5.82 Å². The van der Waals surface area contributed by atoms with Crippen molar-refractivity contribution in [2.24, 2.45) is 0 Å². The number of carbonyl (C=O) groups excluding carboxylic acids is 2. The molecule has 1 N–H and O–H groups in total. The molecular weight excluding hydrogens is 289 g/mol. The Balaban J connectivity index is 2.02. The average Bonchev–Trinajstić information content (AvgIpc) is 2.96. The van der Waals surface area contributed by atoms with Crippen LogP contribution in [0.5, 0.6) is 5.75 Å². The highest BCUT2D eigenvalue weighted by Gasteiger charge is 2.44. The Kier molecular flexibility index (Phi) is 5.00. The van der Waals surface area contributed by atoms with Gasteiger partial charge in [-0.15, -0.1) is 0 Å². The smallest absolute Gasteiger partial charge is 0.331 e. The van der Waals surface area contributed by atoms with Gasteiger partial charge in [0.15, 0.2) is 6.10 Å². The first-order valence-electron chi connectivity index (χ1n) is 7.29. The number of rotatable bonds is 5. The molecule has 1 amide bonds. The van der Waals surface area contributed by atoms with Crippen molar-refractivity contribution in [3.8, 4) is 5.75 Å². The van der Waals surface area contributed by atoms with E-state index < -0.39 is 29.3 Å². The third-order valence-corrected chi connectivity index (χ3v) is 3.87. The highest BCUT2D eigenvalue weighted by molar-refractivity contribution is 5.90. The number of methoxy groups -OCH3 is 1. The second-order valence-electron chi connectivity index (χ2n) is 5.49. The lowest BCUT2D eigenvalue weighted by Gasteiger charge is -2.28. The van der Waals surface area contributed by atoms with Crippen LogP contribution in [0.3, 0.4) is 0 Å². The zero-order valence-corrected chi connectivity index (χ0v) is 12.7. The SMILES string of the molecule is COC(=O)C1(NC(=O)C(C)Oc2cccc(F)c2)CCCC1. The summed E-state index contributed by atoms with van der Waals surface area (Å²) < 4.78 is 23.3. The van der Waals surface area contributed by atoms with Crippen LogP contribution in [0.4, 0.5) is 4.39 Å². The Morgan fingerprint density at radius 1 is 1.32 bits per heavy atom. The lowest BCUT2D eigenvalue weighted by atomic mass is 9.97. The first kappa shape index (κ1) is 16.3. The molecule has 5 nitrogen and oxygen atoms in total. The molecular formula is C16H20FNO4. The van der Waals surface area contributed by atoms with E-state index in [1.807, 2.05) is 0 Å². The summed E-state index contributed by atoms with van der Waals surface area (Å²) in [6.07, 6.45) is 1.98. The van der Waals surface area contributed by atoms with Crippen LogP contribution in [0.2, 0.25) is 0 Å². The molecule has 6 heteroatoms. The van der Waals surface area contributed by atoms with Gasteiger partial charge in [-0.25, -0.2) is 9.18 Å². The first-order valence-corrected chi connectivity index (χ1v) is 7.29. The van der Waals surface area contributed by atoms with Crippen molar-refractivity contribution in [3.63, 3.8) is 0 Å². The predicted octanol–water partition coefficient (Wildman–Crippen LogP) is 2.19. The van der Waals surface area contributed by atoms with E-state index in [1.54, 1.807) is 13.0 Å². The fraction of sp³-hybridized carbons (Fsp3) is 0.500. The van der Waals surface area contributed by atoms with Gasteiger partial charge in [-0.1, -0.05) is 18.9 Å². The van der Waals surface area contributed by atoms with Gasteiger partial charge in [-0.05, 0) is 31.9 Å². The number of amides is 1. The summed E-state index contributed by atoms with van der Waals surface area (Å²) in [7, 11) is 1.31. The molecule has 1 aliphatic carbocycles. The van der Waals surface area contributed by atoms with Gasteiger partial charge in [-0.3, -0.25) is 4.79 Å². The third kappa shape index (κ3) is 3.55. The maximum absolute atomic E-state index is 13.1. The van der Waals surface area contributed by atoms with Gasteiger partial charge in [0.25, 0.3) is 5.91 Å². The topological polar surface area (TPSA) is 64.6 Å². The largest absolute Gasteiger partial charge is 0.481 e. The van der Waals surface area contributed by atoms with Gasteiger partial charge in [0, 0.05) is 6.07 Å². The van der Waals surface area contributed by atoms with Crippen LogP contribution >= 0.6 is 0 Å². The predicted molar refractivity (Wildman–Crippen MR) is 77.8 cm³/mol. The van der Waals surface area contributed by atoms with Crippen molar-refractivity contribution in [2.75, 3.05) is 7.11 Å². The Morgan fingerprint density at radius 2 is 2.00 bits per heavy atom. The molecule has 0 heterocycles. The highest BCUT2D eigenvalue weighted by atomic mass is 19.1. The summed E-state index contributed by atoms with van der Waals surface area (Å²) in [6.45, 7) is 1.56. The van der Waals surface area contributed by atoms with Gasteiger partial charge in [0.2, 0.25) is 0 Å². The molecule has 0 bridgehead atoms. The summed E-state index contributed by atoms with van der Waals surface area (Å²) in [5.41, 5.74) is -0.967. The van der Waals surface area contributed by atoms with Crippen LogP contribution in [-0.4, -0.2) is 30.6 Å². The van der Waals surface area contributed by atoms with E-state index in [1.165, 1.54) is 25.3 Å². The number of benzene rings is 1. The van der Waals surface area contributed by atoms with Crippen LogP contribution < -0.4 is 10.1 Å². The maximum atomic E-state index is 13.1. The van der Waals surface area contributed by atoms with E-state index in [9.17, 15) is 14.0 Å². The molecule has 0 spiro atoms. The molecule has 1 saturated carbocycles. The maximum Gasteiger partial charge on any atom is 0.331 e. The van der Waals surface area contributed by atoms with E-state index >= 15 is 0 Å². The zero-order valence-electron chi connectivity index (χ0n) is 12.7. The summed E-state index contributed by atoms with van der Waals surface area (Å²) in [5, 5.41) is 2.75. The van der Waals surface area contributed by atoms with Crippen molar-refractivity contribution in [1.82, 2.24) is 5.32 Å². The molecule has 1 unspecified atom stereocenters. The molecule has 1 fully saturated rings. The molecule has 1 atom stereocenters. The van der Waals surface area contributed by atoms with E-state index in [4.69, 9.17) is 9.47 Å². The number of hydrogen-bond acceptors (Lipinski definition) is 4. The Bertz CT molecular complexity index is 555. The molecule has 0 radical (unpaired) electrons. The minimum atomic E-state index is -0.967. The Labute approximate surface area is 128 Å². The number of hydrogen-bond donors (Lipinski definition) is 1. The van der Waals surface area contributed by atoms with Crippen LogP contribution in [0.15, 0.2) is 24.3 Å². The average molecular weight is 309 g/mol. The molecule has 1 aromatic rings. The molecule has 1 aromatic carbocycles. The number of halogens is 1. The monoisotopic (exact) mass is 309 g/mol. The number of carbonyl (C=O) groups is 2. The molecule has 0 saturated heterocycles. The third-order valence-electron chi connectivity index (χ3n) is 3.87. The van der Waals surface area contributed by atoms with E-state index in [2.05, 4.69) is 5.32 Å². The molecule has 0 aliphatic heterocycles. The summed E-state index contributed by atoms with van der Waals surface area (Å²) in [6, 6.07) is 5.57. The van der Waals surface area contributed by atoms with E-state index in [-0.39, 0.29) is 5.75 Å². The molecule has 1 aliphatic rings. The van der Waals surface area contributed by atoms with Crippen molar-refractivity contribution < 1.29 is 23.5 Å². The van der Waals surface area contributed by atoms with Gasteiger partial charge >= 0.3 is 5.97 Å². The number of esters is 1. The summed E-state index contributed by atoms with van der Waals surface area (Å²) in [5.74, 6) is -1.03. The molecule has 0 aromatic heterocycles. The fourth-order valence-electron chi connectivity index (χ4n) is 2.69. The van der Waals surface area contributed by atoms with Gasteiger partial charge in [-0.2, -0.15) is 0 Å². The van der Waals surface area contributed by atoms with Crippen LogP contribution in [0.25, 0.3) is 0 Å². The van der Waals surface area contributed by atoms with Crippen LogP contribution in [-0.2, 0) is 14.3 Å². The fourth-order valence-corrected chi connectivity index (χ4v) is 2.69. The molecule has 2 rings (SSSR count).